The Hall–Kier alpha value is -0.990. The minimum Gasteiger partial charge on any atom is -0.385 e. The van der Waals surface area contributed by atoms with Gasteiger partial charge in [-0.2, -0.15) is 5.10 Å². The molecule has 2 N–H and O–H groups in total. The van der Waals surface area contributed by atoms with Gasteiger partial charge >= 0.3 is 0 Å². The number of nitrogens with zero attached hydrogens (tertiary/aromatic N) is 1. The van der Waals surface area contributed by atoms with E-state index in [-0.39, 0.29) is 0 Å². The largest absolute Gasteiger partial charge is 0.385 e. The van der Waals surface area contributed by atoms with Crippen molar-refractivity contribution in [2.24, 2.45) is 0 Å². The van der Waals surface area contributed by atoms with Crippen LogP contribution in [0, 0.1) is 0 Å². The molecule has 3 nitrogen and oxygen atoms in total. The minimum absolute atomic E-state index is 0.505. The number of hydrogen-bond acceptors (Lipinski definition) is 2. The molecule has 10 heavy (non-hydrogen) atoms. The predicted molar refractivity (Wildman–Crippen MR) is 42.2 cm³/mol. The molecule has 0 bridgehead atoms. The second kappa shape index (κ2) is 2.73. The SMILES string of the molecule is CNc1cn[nH]c1C(C)C. The van der Waals surface area contributed by atoms with Gasteiger partial charge in [-0.25, -0.2) is 0 Å². The monoisotopic (exact) mass is 139 g/mol. The summed E-state index contributed by atoms with van der Waals surface area (Å²) in [6.45, 7) is 4.27. The van der Waals surface area contributed by atoms with Crippen molar-refractivity contribution in [1.29, 1.82) is 0 Å². The number of aromatic amines is 1. The molecule has 0 unspecified atom stereocenters. The van der Waals surface area contributed by atoms with Crippen LogP contribution in [0.25, 0.3) is 0 Å². The highest BCUT2D eigenvalue weighted by atomic mass is 15.1. The summed E-state index contributed by atoms with van der Waals surface area (Å²) in [5.74, 6) is 0.505. The Morgan fingerprint density at radius 2 is 2.30 bits per heavy atom. The van der Waals surface area contributed by atoms with Gasteiger partial charge in [-0.05, 0) is 5.92 Å². The van der Waals surface area contributed by atoms with E-state index in [1.165, 1.54) is 5.69 Å². The Morgan fingerprint density at radius 3 is 2.70 bits per heavy atom. The Balaban J connectivity index is 2.90. The Morgan fingerprint density at radius 1 is 1.60 bits per heavy atom. The van der Waals surface area contributed by atoms with Crippen LogP contribution in [-0.2, 0) is 0 Å². The molecular formula is C7H13N3. The molecule has 0 saturated heterocycles. The summed E-state index contributed by atoms with van der Waals surface area (Å²) in [5, 5.41) is 9.93. The van der Waals surface area contributed by atoms with Crippen molar-refractivity contribution < 1.29 is 0 Å². The molecule has 0 aliphatic rings. The summed E-state index contributed by atoms with van der Waals surface area (Å²) < 4.78 is 0. The zero-order valence-electron chi connectivity index (χ0n) is 6.60. The van der Waals surface area contributed by atoms with Gasteiger partial charge in [0, 0.05) is 7.05 Å². The topological polar surface area (TPSA) is 40.7 Å². The summed E-state index contributed by atoms with van der Waals surface area (Å²) in [5.41, 5.74) is 2.26. The number of nitrogens with one attached hydrogen (secondary N) is 2. The average Bonchev–Trinajstić information content (AvgIpc) is 2.33. The van der Waals surface area contributed by atoms with Crippen molar-refractivity contribution in [2.45, 2.75) is 19.8 Å². The van der Waals surface area contributed by atoms with Gasteiger partial charge in [0.1, 0.15) is 0 Å². The smallest absolute Gasteiger partial charge is 0.0756 e. The molecule has 0 saturated carbocycles. The Bertz CT molecular complexity index is 202. The van der Waals surface area contributed by atoms with Crippen molar-refractivity contribution in [1.82, 2.24) is 10.2 Å². The summed E-state index contributed by atoms with van der Waals surface area (Å²) in [6.07, 6.45) is 1.80. The minimum atomic E-state index is 0.505. The van der Waals surface area contributed by atoms with E-state index in [0.29, 0.717) is 5.92 Å². The number of H-pyrrole nitrogens is 1. The van der Waals surface area contributed by atoms with Crippen LogP contribution >= 0.6 is 0 Å². The maximum Gasteiger partial charge on any atom is 0.0756 e. The number of aromatic nitrogens is 2. The fourth-order valence-electron chi connectivity index (χ4n) is 0.935. The molecule has 0 radical (unpaired) electrons. The molecule has 0 amide bonds. The summed E-state index contributed by atoms with van der Waals surface area (Å²) in [4.78, 5) is 0. The second-order valence-corrected chi connectivity index (χ2v) is 2.60. The maximum atomic E-state index is 3.93. The first-order chi connectivity index (χ1) is 4.75. The Labute approximate surface area is 60.8 Å². The van der Waals surface area contributed by atoms with E-state index in [0.717, 1.165) is 5.69 Å². The molecule has 0 aliphatic heterocycles. The van der Waals surface area contributed by atoms with Crippen LogP contribution in [0.15, 0.2) is 6.20 Å². The third-order valence-electron chi connectivity index (χ3n) is 1.52. The van der Waals surface area contributed by atoms with E-state index in [9.17, 15) is 0 Å². The van der Waals surface area contributed by atoms with Crippen LogP contribution in [-0.4, -0.2) is 17.2 Å². The zero-order chi connectivity index (χ0) is 7.56. The molecule has 1 aromatic heterocycles. The third-order valence-corrected chi connectivity index (χ3v) is 1.52. The number of anilines is 1. The van der Waals surface area contributed by atoms with Crippen LogP contribution in [0.2, 0.25) is 0 Å². The van der Waals surface area contributed by atoms with Gasteiger partial charge in [0.15, 0.2) is 0 Å². The standard InChI is InChI=1S/C7H13N3/c1-5(2)7-6(8-3)4-9-10-7/h4-5,8H,1-3H3,(H,9,10). The normalized spacial score (nSPS) is 10.4. The van der Waals surface area contributed by atoms with Gasteiger partial charge in [0.05, 0.1) is 17.6 Å². The zero-order valence-corrected chi connectivity index (χ0v) is 6.60. The maximum absolute atomic E-state index is 3.93. The lowest BCUT2D eigenvalue weighted by molar-refractivity contribution is 0.812. The van der Waals surface area contributed by atoms with Crippen LogP contribution in [0.3, 0.4) is 0 Å². The summed E-state index contributed by atoms with van der Waals surface area (Å²) in [7, 11) is 1.90. The molecule has 3 heteroatoms. The van der Waals surface area contributed by atoms with Crippen molar-refractivity contribution in [2.75, 3.05) is 12.4 Å². The first-order valence-electron chi connectivity index (χ1n) is 3.46. The van der Waals surface area contributed by atoms with Crippen LogP contribution < -0.4 is 5.32 Å². The molecule has 0 spiro atoms. The molecule has 0 aromatic carbocycles. The van der Waals surface area contributed by atoms with E-state index >= 15 is 0 Å². The van der Waals surface area contributed by atoms with Crippen LogP contribution in [0.4, 0.5) is 5.69 Å². The van der Waals surface area contributed by atoms with E-state index in [2.05, 4.69) is 29.4 Å². The van der Waals surface area contributed by atoms with E-state index in [1.807, 2.05) is 7.05 Å². The first-order valence-corrected chi connectivity index (χ1v) is 3.46. The second-order valence-electron chi connectivity index (χ2n) is 2.60. The first kappa shape index (κ1) is 7.12. The van der Waals surface area contributed by atoms with Gasteiger partial charge in [-0.1, -0.05) is 13.8 Å². The summed E-state index contributed by atoms with van der Waals surface area (Å²) in [6, 6.07) is 0. The molecular weight excluding hydrogens is 126 g/mol. The lowest BCUT2D eigenvalue weighted by atomic mass is 10.1. The van der Waals surface area contributed by atoms with Crippen molar-refractivity contribution >= 4 is 5.69 Å². The number of hydrogen-bond donors (Lipinski definition) is 2. The van der Waals surface area contributed by atoms with Crippen molar-refractivity contribution in [3.63, 3.8) is 0 Å². The van der Waals surface area contributed by atoms with Gasteiger partial charge in [-0.15, -0.1) is 0 Å². The van der Waals surface area contributed by atoms with E-state index in [1.54, 1.807) is 6.20 Å². The lowest BCUT2D eigenvalue weighted by Crippen LogP contribution is -1.94. The van der Waals surface area contributed by atoms with Crippen LogP contribution in [0.1, 0.15) is 25.5 Å². The summed E-state index contributed by atoms with van der Waals surface area (Å²) >= 11 is 0. The fourth-order valence-corrected chi connectivity index (χ4v) is 0.935. The van der Waals surface area contributed by atoms with Gasteiger partial charge in [-0.3, -0.25) is 5.10 Å². The molecule has 0 atom stereocenters. The van der Waals surface area contributed by atoms with Crippen molar-refractivity contribution in [3.05, 3.63) is 11.9 Å². The van der Waals surface area contributed by atoms with E-state index in [4.69, 9.17) is 0 Å². The van der Waals surface area contributed by atoms with Gasteiger partial charge < -0.3 is 5.32 Å². The molecule has 1 aromatic rings. The molecule has 0 fully saturated rings. The highest BCUT2D eigenvalue weighted by Gasteiger charge is 2.05. The van der Waals surface area contributed by atoms with Crippen LogP contribution in [0.5, 0.6) is 0 Å². The highest BCUT2D eigenvalue weighted by Crippen LogP contribution is 2.19. The predicted octanol–water partition coefficient (Wildman–Crippen LogP) is 1.57. The quantitative estimate of drug-likeness (QED) is 0.653. The molecule has 0 aliphatic carbocycles. The highest BCUT2D eigenvalue weighted by molar-refractivity contribution is 5.46. The molecule has 1 rings (SSSR count). The third kappa shape index (κ3) is 1.12. The van der Waals surface area contributed by atoms with Crippen molar-refractivity contribution in [3.8, 4) is 0 Å². The molecule has 1 heterocycles. The fraction of sp³-hybridized carbons (Fsp3) is 0.571. The average molecular weight is 139 g/mol. The molecule has 56 valence electrons. The Kier molecular flexibility index (Phi) is 1.94. The lowest BCUT2D eigenvalue weighted by Gasteiger charge is -2.03. The van der Waals surface area contributed by atoms with E-state index < -0.39 is 0 Å². The number of rotatable bonds is 2. The van der Waals surface area contributed by atoms with Gasteiger partial charge in [0.2, 0.25) is 0 Å². The van der Waals surface area contributed by atoms with Gasteiger partial charge in [0.25, 0.3) is 0 Å².